The van der Waals surface area contributed by atoms with E-state index in [4.69, 9.17) is 0 Å². The Labute approximate surface area is 190 Å². The highest BCUT2D eigenvalue weighted by molar-refractivity contribution is 7.99. The van der Waals surface area contributed by atoms with Crippen molar-refractivity contribution in [2.75, 3.05) is 5.75 Å². The van der Waals surface area contributed by atoms with Crippen LogP contribution in [0.5, 0.6) is 0 Å². The quantitative estimate of drug-likeness (QED) is 0.429. The average Bonchev–Trinajstić information content (AvgIpc) is 3.21. The molecule has 2 aromatic heterocycles. The summed E-state index contributed by atoms with van der Waals surface area (Å²) in [5.74, 6) is 0.836. The van der Waals surface area contributed by atoms with Crippen LogP contribution < -0.4 is 10.9 Å². The lowest BCUT2D eigenvalue weighted by molar-refractivity contribution is -0.119. The fourth-order valence-corrected chi connectivity index (χ4v) is 4.47. The van der Waals surface area contributed by atoms with Gasteiger partial charge in [-0.25, -0.2) is 4.57 Å². The summed E-state index contributed by atoms with van der Waals surface area (Å²) >= 11 is 1.31. The van der Waals surface area contributed by atoms with Crippen molar-refractivity contribution >= 4 is 34.3 Å². The first-order valence-corrected chi connectivity index (χ1v) is 11.8. The molecule has 0 radical (unpaired) electrons. The summed E-state index contributed by atoms with van der Waals surface area (Å²) in [6, 6.07) is 15.4. The molecule has 0 aliphatic carbocycles. The van der Waals surface area contributed by atoms with E-state index in [1.165, 1.54) is 11.8 Å². The predicted molar refractivity (Wildman–Crippen MR) is 129 cm³/mol. The van der Waals surface area contributed by atoms with E-state index in [-0.39, 0.29) is 29.2 Å². The Morgan fingerprint density at radius 3 is 2.53 bits per heavy atom. The normalized spacial score (nSPS) is 12.5. The van der Waals surface area contributed by atoms with E-state index in [2.05, 4.69) is 29.4 Å². The van der Waals surface area contributed by atoms with Gasteiger partial charge in [0, 0.05) is 6.04 Å². The number of nitrogens with zero attached hydrogens (tertiary/aromatic N) is 4. The Kier molecular flexibility index (Phi) is 6.32. The van der Waals surface area contributed by atoms with Gasteiger partial charge < -0.3 is 5.32 Å². The number of hydrogen-bond acceptors (Lipinski definition) is 5. The highest BCUT2D eigenvalue weighted by atomic mass is 32.2. The van der Waals surface area contributed by atoms with Crippen molar-refractivity contribution in [1.29, 1.82) is 0 Å². The smallest absolute Gasteiger partial charge is 0.267 e. The van der Waals surface area contributed by atoms with Crippen molar-refractivity contribution in [2.24, 2.45) is 0 Å². The van der Waals surface area contributed by atoms with E-state index >= 15 is 0 Å². The molecule has 0 saturated heterocycles. The van der Waals surface area contributed by atoms with Gasteiger partial charge in [0.15, 0.2) is 5.16 Å². The monoisotopic (exact) mass is 449 g/mol. The zero-order valence-corrected chi connectivity index (χ0v) is 19.5. The molecule has 4 rings (SSSR count). The van der Waals surface area contributed by atoms with Crippen LogP contribution in [0, 0.1) is 0 Å². The number of benzene rings is 2. The molecular weight excluding hydrogens is 422 g/mol. The third-order valence-electron chi connectivity index (χ3n) is 5.55. The van der Waals surface area contributed by atoms with E-state index in [9.17, 15) is 9.59 Å². The standard InChI is InChI=1S/C24H27N5O2S/c1-5-16(4)25-21(30)14-32-24-27-26-23-28(19-12-8-6-10-17(19)15(2)3)22(31)18-11-7-9-13-20(18)29(23)24/h6-13,15-16H,5,14H2,1-4H3,(H,25,30). The van der Waals surface area contributed by atoms with Gasteiger partial charge in [0.2, 0.25) is 11.7 Å². The maximum Gasteiger partial charge on any atom is 0.267 e. The lowest BCUT2D eigenvalue weighted by Gasteiger charge is -2.16. The molecule has 2 aromatic carbocycles. The minimum absolute atomic E-state index is 0.0520. The molecule has 0 saturated carbocycles. The van der Waals surface area contributed by atoms with Crippen LogP contribution in [0.15, 0.2) is 58.5 Å². The van der Waals surface area contributed by atoms with E-state index < -0.39 is 0 Å². The fourth-order valence-electron chi connectivity index (χ4n) is 3.72. The molecule has 7 nitrogen and oxygen atoms in total. The number of nitrogens with one attached hydrogen (secondary N) is 1. The SMILES string of the molecule is CCC(C)NC(=O)CSc1nnc2n(-c3ccccc3C(C)C)c(=O)c3ccccc3n12. The number of para-hydroxylation sites is 2. The molecular formula is C24H27N5O2S. The molecule has 0 aliphatic heterocycles. The van der Waals surface area contributed by atoms with E-state index in [1.54, 1.807) is 4.57 Å². The maximum absolute atomic E-state index is 13.6. The third-order valence-corrected chi connectivity index (χ3v) is 6.48. The van der Waals surface area contributed by atoms with Crippen molar-refractivity contribution < 1.29 is 4.79 Å². The van der Waals surface area contributed by atoms with Gasteiger partial charge in [-0.1, -0.05) is 62.9 Å². The number of amides is 1. The van der Waals surface area contributed by atoms with Crippen LogP contribution in [0.2, 0.25) is 0 Å². The first-order valence-electron chi connectivity index (χ1n) is 10.8. The lowest BCUT2D eigenvalue weighted by atomic mass is 10.0. The van der Waals surface area contributed by atoms with Crippen molar-refractivity contribution in [1.82, 2.24) is 24.5 Å². The second-order valence-electron chi connectivity index (χ2n) is 8.15. The maximum atomic E-state index is 13.6. The lowest BCUT2D eigenvalue weighted by Crippen LogP contribution is -2.33. The van der Waals surface area contributed by atoms with Gasteiger partial charge in [0.1, 0.15) is 0 Å². The van der Waals surface area contributed by atoms with Gasteiger partial charge in [-0.05, 0) is 43.0 Å². The first-order chi connectivity index (χ1) is 15.4. The zero-order valence-electron chi connectivity index (χ0n) is 18.7. The van der Waals surface area contributed by atoms with Crippen LogP contribution in [0.4, 0.5) is 0 Å². The van der Waals surface area contributed by atoms with Crippen molar-refractivity contribution in [3.63, 3.8) is 0 Å². The third kappa shape index (κ3) is 4.02. The van der Waals surface area contributed by atoms with Crippen molar-refractivity contribution in [2.45, 2.75) is 51.2 Å². The molecule has 0 aliphatic rings. The van der Waals surface area contributed by atoms with Crippen molar-refractivity contribution in [3.05, 3.63) is 64.4 Å². The number of hydrogen-bond donors (Lipinski definition) is 1. The van der Waals surface area contributed by atoms with Crippen LogP contribution in [0.3, 0.4) is 0 Å². The summed E-state index contributed by atoms with van der Waals surface area (Å²) in [5, 5.41) is 12.9. The van der Waals surface area contributed by atoms with Crippen LogP contribution >= 0.6 is 11.8 Å². The van der Waals surface area contributed by atoms with E-state index in [0.29, 0.717) is 16.3 Å². The number of rotatable bonds is 7. The molecule has 32 heavy (non-hydrogen) atoms. The van der Waals surface area contributed by atoms with Gasteiger partial charge in [-0.15, -0.1) is 10.2 Å². The van der Waals surface area contributed by atoms with Crippen molar-refractivity contribution in [3.8, 4) is 5.69 Å². The number of thioether (sulfide) groups is 1. The fraction of sp³-hybridized carbons (Fsp3) is 0.333. The number of carbonyl (C=O) groups is 1. The summed E-state index contributed by atoms with van der Waals surface area (Å²) in [4.78, 5) is 25.9. The second kappa shape index (κ2) is 9.16. The van der Waals surface area contributed by atoms with Gasteiger partial charge >= 0.3 is 0 Å². The van der Waals surface area contributed by atoms with Gasteiger partial charge in [-0.2, -0.15) is 0 Å². The first kappa shape index (κ1) is 22.1. The summed E-state index contributed by atoms with van der Waals surface area (Å²) in [6.45, 7) is 8.21. The largest absolute Gasteiger partial charge is 0.353 e. The minimum atomic E-state index is -0.139. The number of carbonyl (C=O) groups excluding carboxylic acids is 1. The number of aromatic nitrogens is 4. The predicted octanol–water partition coefficient (Wildman–Crippen LogP) is 4.16. The molecule has 4 aromatic rings. The Hall–Kier alpha value is -3.13. The zero-order chi connectivity index (χ0) is 22.8. The second-order valence-corrected chi connectivity index (χ2v) is 9.10. The molecule has 0 spiro atoms. The van der Waals surface area contributed by atoms with E-state index in [0.717, 1.165) is 23.2 Å². The Balaban J connectivity index is 1.89. The summed E-state index contributed by atoms with van der Waals surface area (Å²) in [7, 11) is 0. The molecule has 1 amide bonds. The van der Waals surface area contributed by atoms with Crippen LogP contribution in [-0.4, -0.2) is 36.9 Å². The minimum Gasteiger partial charge on any atom is -0.353 e. The van der Waals surface area contributed by atoms with Crippen LogP contribution in [0.25, 0.3) is 22.4 Å². The molecule has 0 bridgehead atoms. The average molecular weight is 450 g/mol. The van der Waals surface area contributed by atoms with Gasteiger partial charge in [0.25, 0.3) is 5.56 Å². The molecule has 8 heteroatoms. The van der Waals surface area contributed by atoms with Gasteiger partial charge in [0.05, 0.1) is 22.3 Å². The molecule has 1 N–H and O–H groups in total. The Bertz CT molecular complexity index is 1340. The van der Waals surface area contributed by atoms with Crippen LogP contribution in [-0.2, 0) is 4.79 Å². The highest BCUT2D eigenvalue weighted by Crippen LogP contribution is 2.26. The van der Waals surface area contributed by atoms with Gasteiger partial charge in [-0.3, -0.25) is 14.0 Å². The molecule has 1 unspecified atom stereocenters. The van der Waals surface area contributed by atoms with E-state index in [1.807, 2.05) is 66.8 Å². The molecule has 2 heterocycles. The topological polar surface area (TPSA) is 81.3 Å². The number of fused-ring (bicyclic) bond motifs is 3. The Morgan fingerprint density at radius 2 is 1.78 bits per heavy atom. The van der Waals surface area contributed by atoms with Crippen LogP contribution in [0.1, 0.15) is 45.6 Å². The summed E-state index contributed by atoms with van der Waals surface area (Å²) in [5.41, 5.74) is 2.43. The molecule has 166 valence electrons. The molecule has 0 fully saturated rings. The highest BCUT2D eigenvalue weighted by Gasteiger charge is 2.20. The summed E-state index contributed by atoms with van der Waals surface area (Å²) in [6.07, 6.45) is 0.871. The Morgan fingerprint density at radius 1 is 1.06 bits per heavy atom. The molecule has 1 atom stereocenters. The summed E-state index contributed by atoms with van der Waals surface area (Å²) < 4.78 is 3.50.